The smallest absolute Gasteiger partial charge is 0.252 e. The van der Waals surface area contributed by atoms with E-state index in [1.54, 1.807) is 0 Å². The summed E-state index contributed by atoms with van der Waals surface area (Å²) in [7, 11) is 0. The highest BCUT2D eigenvalue weighted by molar-refractivity contribution is 6.07. The molecule has 1 aromatic heterocycles. The van der Waals surface area contributed by atoms with Crippen LogP contribution in [0.2, 0.25) is 0 Å². The number of fused-ring (bicyclic) bond motifs is 2. The molecule has 0 saturated carbocycles. The number of amides is 1. The van der Waals surface area contributed by atoms with Crippen LogP contribution >= 0.6 is 0 Å². The first kappa shape index (κ1) is 17.4. The van der Waals surface area contributed by atoms with Crippen LogP contribution in [0.25, 0.3) is 10.9 Å². The van der Waals surface area contributed by atoms with Gasteiger partial charge in [0.25, 0.3) is 5.91 Å². The van der Waals surface area contributed by atoms with Crippen LogP contribution in [0, 0.1) is 0 Å². The Morgan fingerprint density at radius 3 is 3.00 bits per heavy atom. The van der Waals surface area contributed by atoms with E-state index in [4.69, 9.17) is 9.72 Å². The molecule has 0 spiro atoms. The van der Waals surface area contributed by atoms with Crippen LogP contribution in [0.1, 0.15) is 48.3 Å². The average molecular weight is 353 g/mol. The van der Waals surface area contributed by atoms with Crippen molar-refractivity contribution in [1.29, 1.82) is 0 Å². The summed E-state index contributed by atoms with van der Waals surface area (Å²) in [6.07, 6.45) is 2.95. The topological polar surface area (TPSA) is 54.5 Å². The number of para-hydroxylation sites is 1. The number of benzene rings is 1. The molecule has 1 fully saturated rings. The number of ether oxygens (including phenoxy) is 1. The van der Waals surface area contributed by atoms with Crippen molar-refractivity contribution in [3.8, 4) is 0 Å². The third kappa shape index (κ3) is 3.21. The first-order valence-corrected chi connectivity index (χ1v) is 9.65. The molecule has 0 radical (unpaired) electrons. The lowest BCUT2D eigenvalue weighted by atomic mass is 9.94. The van der Waals surface area contributed by atoms with Gasteiger partial charge in [-0.05, 0) is 32.4 Å². The summed E-state index contributed by atoms with van der Waals surface area (Å²) >= 11 is 0. The van der Waals surface area contributed by atoms with E-state index in [1.807, 2.05) is 24.3 Å². The molecule has 5 nitrogen and oxygen atoms in total. The summed E-state index contributed by atoms with van der Waals surface area (Å²) in [5, 5.41) is 4.09. The summed E-state index contributed by atoms with van der Waals surface area (Å²) in [4.78, 5) is 20.4. The van der Waals surface area contributed by atoms with Crippen molar-refractivity contribution in [2.24, 2.45) is 0 Å². The zero-order chi connectivity index (χ0) is 18.1. The fourth-order valence-electron chi connectivity index (χ4n) is 4.11. The van der Waals surface area contributed by atoms with Crippen LogP contribution < -0.4 is 5.32 Å². The summed E-state index contributed by atoms with van der Waals surface area (Å²) in [6.45, 7) is 8.36. The highest BCUT2D eigenvalue weighted by atomic mass is 16.5. The second-order valence-corrected chi connectivity index (χ2v) is 7.63. The number of rotatable bonds is 4. The van der Waals surface area contributed by atoms with Gasteiger partial charge in [0, 0.05) is 49.3 Å². The maximum Gasteiger partial charge on any atom is 0.252 e. The Bertz CT molecular complexity index is 827. The van der Waals surface area contributed by atoms with Crippen molar-refractivity contribution in [2.45, 2.75) is 45.3 Å². The lowest BCUT2D eigenvalue weighted by Gasteiger charge is -2.29. The number of hydrogen-bond donors (Lipinski definition) is 1. The number of hydrogen-bond acceptors (Lipinski definition) is 4. The van der Waals surface area contributed by atoms with Gasteiger partial charge in [-0.2, -0.15) is 0 Å². The number of aromatic nitrogens is 1. The van der Waals surface area contributed by atoms with E-state index in [0.29, 0.717) is 6.54 Å². The first-order valence-electron chi connectivity index (χ1n) is 9.65. The Kier molecular flexibility index (Phi) is 4.67. The fourth-order valence-corrected chi connectivity index (χ4v) is 4.11. The van der Waals surface area contributed by atoms with Gasteiger partial charge >= 0.3 is 0 Å². The molecule has 0 bridgehead atoms. The van der Waals surface area contributed by atoms with Gasteiger partial charge in [0.05, 0.1) is 16.7 Å². The molecule has 1 aromatic carbocycles. The van der Waals surface area contributed by atoms with E-state index in [-0.39, 0.29) is 11.5 Å². The highest BCUT2D eigenvalue weighted by Gasteiger charge is 2.31. The molecule has 1 N–H and O–H groups in total. The Morgan fingerprint density at radius 1 is 1.38 bits per heavy atom. The maximum absolute atomic E-state index is 13.2. The molecule has 2 aliphatic heterocycles. The SMILES string of the molecule is CCN1CCc2nc3ccccc3c(C(=O)NC[C@@]3(C)CCCO3)c2C1. The number of pyridine rings is 1. The van der Waals surface area contributed by atoms with E-state index in [9.17, 15) is 4.79 Å². The van der Waals surface area contributed by atoms with E-state index >= 15 is 0 Å². The number of likely N-dealkylation sites (N-methyl/N-ethyl adjacent to an activating group) is 1. The number of carbonyl (C=O) groups is 1. The minimum absolute atomic E-state index is 0.00507. The largest absolute Gasteiger partial charge is 0.373 e. The molecule has 1 atom stereocenters. The van der Waals surface area contributed by atoms with Gasteiger partial charge in [0.2, 0.25) is 0 Å². The molecule has 2 aromatic rings. The van der Waals surface area contributed by atoms with Crippen molar-refractivity contribution in [3.05, 3.63) is 41.1 Å². The summed E-state index contributed by atoms with van der Waals surface area (Å²) in [6, 6.07) is 7.98. The van der Waals surface area contributed by atoms with Gasteiger partial charge in [-0.1, -0.05) is 25.1 Å². The van der Waals surface area contributed by atoms with Crippen LogP contribution in [0.5, 0.6) is 0 Å². The Labute approximate surface area is 154 Å². The van der Waals surface area contributed by atoms with E-state index < -0.39 is 0 Å². The summed E-state index contributed by atoms with van der Waals surface area (Å²) in [5.41, 5.74) is 3.62. The summed E-state index contributed by atoms with van der Waals surface area (Å²) in [5.74, 6) is -0.00507. The van der Waals surface area contributed by atoms with Crippen molar-refractivity contribution >= 4 is 16.8 Å². The quantitative estimate of drug-likeness (QED) is 0.918. The van der Waals surface area contributed by atoms with Crippen LogP contribution in [0.15, 0.2) is 24.3 Å². The van der Waals surface area contributed by atoms with Crippen molar-refractivity contribution in [1.82, 2.24) is 15.2 Å². The average Bonchev–Trinajstić information content (AvgIpc) is 3.10. The molecule has 2 aliphatic rings. The van der Waals surface area contributed by atoms with Gasteiger partial charge in [-0.25, -0.2) is 0 Å². The molecule has 4 rings (SSSR count). The van der Waals surface area contributed by atoms with E-state index in [2.05, 4.69) is 24.1 Å². The van der Waals surface area contributed by atoms with Crippen LogP contribution in [0.4, 0.5) is 0 Å². The van der Waals surface area contributed by atoms with Crippen molar-refractivity contribution < 1.29 is 9.53 Å². The molecular formula is C21H27N3O2. The Morgan fingerprint density at radius 2 is 2.23 bits per heavy atom. The first-order chi connectivity index (χ1) is 12.6. The normalized spacial score (nSPS) is 23.2. The third-order valence-corrected chi connectivity index (χ3v) is 5.72. The number of nitrogens with one attached hydrogen (secondary N) is 1. The van der Waals surface area contributed by atoms with Crippen molar-refractivity contribution in [3.63, 3.8) is 0 Å². The van der Waals surface area contributed by atoms with Gasteiger partial charge < -0.3 is 10.1 Å². The molecule has 0 aliphatic carbocycles. The van der Waals surface area contributed by atoms with Crippen LogP contribution in [-0.4, -0.2) is 47.6 Å². The molecule has 26 heavy (non-hydrogen) atoms. The van der Waals surface area contributed by atoms with Crippen LogP contribution in [0.3, 0.4) is 0 Å². The second kappa shape index (κ2) is 6.97. The van der Waals surface area contributed by atoms with Gasteiger partial charge in [0.15, 0.2) is 0 Å². The second-order valence-electron chi connectivity index (χ2n) is 7.63. The fraction of sp³-hybridized carbons (Fsp3) is 0.524. The maximum atomic E-state index is 13.2. The van der Waals surface area contributed by atoms with Gasteiger partial charge in [0.1, 0.15) is 0 Å². The number of carbonyl (C=O) groups excluding carboxylic acids is 1. The van der Waals surface area contributed by atoms with E-state index in [0.717, 1.165) is 73.2 Å². The van der Waals surface area contributed by atoms with Gasteiger partial charge in [-0.15, -0.1) is 0 Å². The zero-order valence-corrected chi connectivity index (χ0v) is 15.7. The number of nitrogens with zero attached hydrogens (tertiary/aromatic N) is 2. The standard InChI is InChI=1S/C21H27N3O2/c1-3-24-11-9-18-16(13-24)19(15-7-4-5-8-17(15)23-18)20(25)22-14-21(2)10-6-12-26-21/h4-5,7-8H,3,6,9-14H2,1-2H3,(H,22,25)/t21-/m1/s1. The Hall–Kier alpha value is -1.98. The van der Waals surface area contributed by atoms with Crippen LogP contribution in [-0.2, 0) is 17.7 Å². The molecule has 5 heteroatoms. The molecule has 138 valence electrons. The minimum Gasteiger partial charge on any atom is -0.373 e. The van der Waals surface area contributed by atoms with Gasteiger partial charge in [-0.3, -0.25) is 14.7 Å². The Balaban J connectivity index is 1.71. The molecular weight excluding hydrogens is 326 g/mol. The monoisotopic (exact) mass is 353 g/mol. The molecule has 3 heterocycles. The zero-order valence-electron chi connectivity index (χ0n) is 15.7. The predicted octanol–water partition coefficient (Wildman–Crippen LogP) is 2.91. The minimum atomic E-state index is -0.242. The molecule has 0 unspecified atom stereocenters. The third-order valence-electron chi connectivity index (χ3n) is 5.72. The lowest BCUT2D eigenvalue weighted by molar-refractivity contribution is 0.0206. The molecule has 1 saturated heterocycles. The predicted molar refractivity (Wildman–Crippen MR) is 102 cm³/mol. The van der Waals surface area contributed by atoms with E-state index in [1.165, 1.54) is 0 Å². The summed E-state index contributed by atoms with van der Waals surface area (Å²) < 4.78 is 5.83. The lowest BCUT2D eigenvalue weighted by Crippen LogP contribution is -2.41. The molecule has 1 amide bonds. The highest BCUT2D eigenvalue weighted by Crippen LogP contribution is 2.29. The van der Waals surface area contributed by atoms with Crippen molar-refractivity contribution in [2.75, 3.05) is 26.2 Å².